The summed E-state index contributed by atoms with van der Waals surface area (Å²) in [6, 6.07) is 18.0. The van der Waals surface area contributed by atoms with Crippen molar-refractivity contribution in [1.29, 1.82) is 0 Å². The number of ether oxygens (including phenoxy) is 1. The van der Waals surface area contributed by atoms with E-state index in [1.807, 2.05) is 67.7 Å². The fraction of sp³-hybridized carbons (Fsp3) is 0.238. The van der Waals surface area contributed by atoms with Crippen LogP contribution in [0, 0.1) is 6.92 Å². The molecule has 1 aliphatic heterocycles. The van der Waals surface area contributed by atoms with Gasteiger partial charge in [0, 0.05) is 25.4 Å². The molecule has 26 heavy (non-hydrogen) atoms. The van der Waals surface area contributed by atoms with Gasteiger partial charge in [-0.2, -0.15) is 0 Å². The number of rotatable bonds is 4. The van der Waals surface area contributed by atoms with Gasteiger partial charge >= 0.3 is 0 Å². The molecule has 0 amide bonds. The standard InChI is InChI=1S/C21H22N4O/c1-15-22-14-17-18(12-13-25(2)21(17)23-15)24-19-10-6-7-11-20(19)26-16-8-4-3-5-9-16/h3-11,14,18,24H,12-13H2,1-2H3. The van der Waals surface area contributed by atoms with Crippen LogP contribution in [0.1, 0.15) is 23.9 Å². The van der Waals surface area contributed by atoms with Gasteiger partial charge in [-0.15, -0.1) is 0 Å². The molecule has 5 heteroatoms. The molecule has 3 aromatic rings. The molecule has 5 nitrogen and oxygen atoms in total. The Kier molecular flexibility index (Phi) is 4.44. The fourth-order valence-corrected chi connectivity index (χ4v) is 3.23. The second-order valence-corrected chi connectivity index (χ2v) is 6.51. The summed E-state index contributed by atoms with van der Waals surface area (Å²) in [5, 5.41) is 3.63. The number of aryl methyl sites for hydroxylation is 1. The van der Waals surface area contributed by atoms with Crippen LogP contribution in [0.25, 0.3) is 0 Å². The highest BCUT2D eigenvalue weighted by Gasteiger charge is 2.25. The number of anilines is 2. The highest BCUT2D eigenvalue weighted by molar-refractivity contribution is 5.61. The Morgan fingerprint density at radius 2 is 1.85 bits per heavy atom. The van der Waals surface area contributed by atoms with Gasteiger partial charge in [0.25, 0.3) is 0 Å². The number of para-hydroxylation sites is 3. The number of nitrogens with one attached hydrogen (secondary N) is 1. The van der Waals surface area contributed by atoms with E-state index in [2.05, 4.69) is 27.2 Å². The van der Waals surface area contributed by atoms with Crippen molar-refractivity contribution in [2.75, 3.05) is 23.8 Å². The van der Waals surface area contributed by atoms with E-state index in [4.69, 9.17) is 4.74 Å². The van der Waals surface area contributed by atoms with Crippen LogP contribution in [0.15, 0.2) is 60.8 Å². The first kappa shape index (κ1) is 16.4. The van der Waals surface area contributed by atoms with Crippen molar-refractivity contribution in [1.82, 2.24) is 9.97 Å². The lowest BCUT2D eigenvalue weighted by molar-refractivity contribution is 0.483. The predicted molar refractivity (Wildman–Crippen MR) is 104 cm³/mol. The molecule has 1 unspecified atom stereocenters. The van der Waals surface area contributed by atoms with E-state index >= 15 is 0 Å². The number of nitrogens with zero attached hydrogens (tertiary/aromatic N) is 3. The lowest BCUT2D eigenvalue weighted by Gasteiger charge is -2.33. The monoisotopic (exact) mass is 346 g/mol. The molecule has 1 aliphatic rings. The van der Waals surface area contributed by atoms with Gasteiger partial charge in [-0.25, -0.2) is 9.97 Å². The molecule has 1 aromatic heterocycles. The molecular formula is C21H22N4O. The summed E-state index contributed by atoms with van der Waals surface area (Å²) in [5.74, 6) is 3.43. The molecule has 1 N–H and O–H groups in total. The predicted octanol–water partition coefficient (Wildman–Crippen LogP) is 4.57. The van der Waals surface area contributed by atoms with Crippen molar-refractivity contribution >= 4 is 11.5 Å². The van der Waals surface area contributed by atoms with Crippen LogP contribution in [-0.2, 0) is 0 Å². The van der Waals surface area contributed by atoms with E-state index in [0.29, 0.717) is 0 Å². The summed E-state index contributed by atoms with van der Waals surface area (Å²) in [4.78, 5) is 11.2. The van der Waals surface area contributed by atoms with Crippen molar-refractivity contribution in [3.05, 3.63) is 72.2 Å². The molecule has 0 fully saturated rings. The summed E-state index contributed by atoms with van der Waals surface area (Å²) in [6.45, 7) is 2.87. The van der Waals surface area contributed by atoms with Crippen LogP contribution in [0.2, 0.25) is 0 Å². The highest BCUT2D eigenvalue weighted by Crippen LogP contribution is 2.37. The highest BCUT2D eigenvalue weighted by atomic mass is 16.5. The fourth-order valence-electron chi connectivity index (χ4n) is 3.23. The van der Waals surface area contributed by atoms with Crippen LogP contribution in [-0.4, -0.2) is 23.6 Å². The molecule has 0 saturated heterocycles. The zero-order valence-electron chi connectivity index (χ0n) is 15.0. The number of benzene rings is 2. The number of hydrogen-bond donors (Lipinski definition) is 1. The topological polar surface area (TPSA) is 50.3 Å². The van der Waals surface area contributed by atoms with E-state index in [1.54, 1.807) is 0 Å². The van der Waals surface area contributed by atoms with Crippen molar-refractivity contribution < 1.29 is 4.74 Å². The third kappa shape index (κ3) is 3.33. The van der Waals surface area contributed by atoms with E-state index in [1.165, 1.54) is 0 Å². The van der Waals surface area contributed by atoms with Gasteiger partial charge in [0.05, 0.1) is 11.7 Å². The first-order chi connectivity index (χ1) is 12.7. The molecule has 2 aromatic carbocycles. The molecule has 2 heterocycles. The first-order valence-corrected chi connectivity index (χ1v) is 8.84. The van der Waals surface area contributed by atoms with E-state index in [9.17, 15) is 0 Å². The van der Waals surface area contributed by atoms with Crippen molar-refractivity contribution in [3.63, 3.8) is 0 Å². The van der Waals surface area contributed by atoms with Crippen molar-refractivity contribution in [3.8, 4) is 11.5 Å². The SMILES string of the molecule is Cc1ncc2c(n1)N(C)CCC2Nc1ccccc1Oc1ccccc1. The second kappa shape index (κ2) is 7.04. The number of hydrogen-bond acceptors (Lipinski definition) is 5. The summed E-state index contributed by atoms with van der Waals surface area (Å²) in [6.07, 6.45) is 2.92. The van der Waals surface area contributed by atoms with E-state index in [0.717, 1.165) is 47.4 Å². The Balaban J connectivity index is 1.62. The minimum absolute atomic E-state index is 0.155. The molecular weight excluding hydrogens is 324 g/mol. The van der Waals surface area contributed by atoms with Crippen LogP contribution < -0.4 is 15.0 Å². The Bertz CT molecular complexity index is 898. The Labute approximate surface area is 153 Å². The third-order valence-electron chi connectivity index (χ3n) is 4.59. The van der Waals surface area contributed by atoms with Crippen molar-refractivity contribution in [2.24, 2.45) is 0 Å². The molecule has 0 spiro atoms. The lowest BCUT2D eigenvalue weighted by Crippen LogP contribution is -2.31. The molecule has 1 atom stereocenters. The Hall–Kier alpha value is -3.08. The zero-order chi connectivity index (χ0) is 17.9. The second-order valence-electron chi connectivity index (χ2n) is 6.51. The molecule has 0 radical (unpaired) electrons. The maximum absolute atomic E-state index is 6.08. The Morgan fingerprint density at radius 3 is 2.69 bits per heavy atom. The van der Waals surface area contributed by atoms with Gasteiger partial charge in [0.15, 0.2) is 5.75 Å². The van der Waals surface area contributed by atoms with Crippen LogP contribution in [0.5, 0.6) is 11.5 Å². The molecule has 0 aliphatic carbocycles. The van der Waals surface area contributed by atoms with Gasteiger partial charge in [0.1, 0.15) is 17.4 Å². The van der Waals surface area contributed by atoms with Crippen LogP contribution in [0.4, 0.5) is 11.5 Å². The summed E-state index contributed by atoms with van der Waals surface area (Å²) in [7, 11) is 2.08. The number of fused-ring (bicyclic) bond motifs is 1. The zero-order valence-corrected chi connectivity index (χ0v) is 15.0. The largest absolute Gasteiger partial charge is 0.455 e. The summed E-state index contributed by atoms with van der Waals surface area (Å²) in [5.41, 5.74) is 2.09. The van der Waals surface area contributed by atoms with Crippen molar-refractivity contribution in [2.45, 2.75) is 19.4 Å². The molecule has 132 valence electrons. The molecule has 0 saturated carbocycles. The number of aromatic nitrogens is 2. The van der Waals surface area contributed by atoms with Gasteiger partial charge in [-0.3, -0.25) is 0 Å². The average molecular weight is 346 g/mol. The lowest BCUT2D eigenvalue weighted by atomic mass is 10.0. The molecule has 4 rings (SSSR count). The third-order valence-corrected chi connectivity index (χ3v) is 4.59. The first-order valence-electron chi connectivity index (χ1n) is 8.84. The summed E-state index contributed by atoms with van der Waals surface area (Å²) < 4.78 is 6.08. The summed E-state index contributed by atoms with van der Waals surface area (Å²) >= 11 is 0. The van der Waals surface area contributed by atoms with Gasteiger partial charge in [0.2, 0.25) is 0 Å². The van der Waals surface area contributed by atoms with Gasteiger partial charge in [-0.1, -0.05) is 30.3 Å². The normalized spacial score (nSPS) is 16.1. The smallest absolute Gasteiger partial charge is 0.150 e. The Morgan fingerprint density at radius 1 is 1.08 bits per heavy atom. The quantitative estimate of drug-likeness (QED) is 0.750. The van der Waals surface area contributed by atoms with E-state index < -0.39 is 0 Å². The van der Waals surface area contributed by atoms with Crippen LogP contribution >= 0.6 is 0 Å². The van der Waals surface area contributed by atoms with Gasteiger partial charge < -0.3 is 15.0 Å². The minimum Gasteiger partial charge on any atom is -0.455 e. The average Bonchev–Trinajstić information content (AvgIpc) is 2.66. The van der Waals surface area contributed by atoms with E-state index in [-0.39, 0.29) is 6.04 Å². The molecule has 0 bridgehead atoms. The minimum atomic E-state index is 0.155. The van der Waals surface area contributed by atoms with Gasteiger partial charge in [-0.05, 0) is 37.6 Å². The van der Waals surface area contributed by atoms with Crippen LogP contribution in [0.3, 0.4) is 0 Å². The maximum atomic E-state index is 6.08. The maximum Gasteiger partial charge on any atom is 0.150 e.